The van der Waals surface area contributed by atoms with Gasteiger partial charge in [-0.2, -0.15) is 0 Å². The number of benzene rings is 1. The van der Waals surface area contributed by atoms with Crippen molar-refractivity contribution in [2.75, 3.05) is 0 Å². The van der Waals surface area contributed by atoms with Crippen LogP contribution in [0.1, 0.15) is 122 Å². The molecule has 0 aromatic heterocycles. The van der Waals surface area contributed by atoms with Crippen molar-refractivity contribution in [3.8, 4) is 0 Å². The van der Waals surface area contributed by atoms with E-state index < -0.39 is 0 Å². The monoisotopic (exact) mass is 385 g/mol. The second-order valence-electron chi connectivity index (χ2n) is 9.07. The molecule has 2 N–H and O–H groups in total. The average molecular weight is 386 g/mol. The fraction of sp³-hybridized carbons (Fsp3) is 0.704. The SMILES string of the molecule is CCCCCCCCC=CCCCCCCCCc1ccccc1C(C)(C)N. The van der Waals surface area contributed by atoms with E-state index in [0.717, 1.165) is 6.42 Å². The third kappa shape index (κ3) is 12.4. The molecule has 0 atom stereocenters. The number of aryl methyl sites for hydroxylation is 1. The molecule has 0 amide bonds. The standard InChI is InChI=1S/C27H47N/c1-4-5-6-7-8-9-10-11-12-13-14-15-16-17-18-19-22-25-23-20-21-24-26(25)27(2,3)28/h11-12,20-21,23-24H,4-10,13-19,22,28H2,1-3H3. The van der Waals surface area contributed by atoms with E-state index in [1.807, 2.05) is 0 Å². The number of hydrogen-bond donors (Lipinski definition) is 1. The van der Waals surface area contributed by atoms with Crippen molar-refractivity contribution in [2.45, 2.75) is 123 Å². The number of nitrogens with two attached hydrogens (primary N) is 1. The molecular formula is C27H47N. The molecule has 0 radical (unpaired) electrons. The quantitative estimate of drug-likeness (QED) is 0.211. The Morgan fingerprint density at radius 1 is 0.714 bits per heavy atom. The van der Waals surface area contributed by atoms with Gasteiger partial charge >= 0.3 is 0 Å². The lowest BCUT2D eigenvalue weighted by Gasteiger charge is -2.22. The van der Waals surface area contributed by atoms with E-state index in [1.54, 1.807) is 0 Å². The van der Waals surface area contributed by atoms with Gasteiger partial charge in [0.1, 0.15) is 0 Å². The Morgan fingerprint density at radius 2 is 1.21 bits per heavy atom. The molecule has 160 valence electrons. The fourth-order valence-corrected chi connectivity index (χ4v) is 3.93. The smallest absolute Gasteiger partial charge is 0.0355 e. The van der Waals surface area contributed by atoms with E-state index in [4.69, 9.17) is 5.73 Å². The minimum Gasteiger partial charge on any atom is -0.322 e. The maximum absolute atomic E-state index is 6.31. The van der Waals surface area contributed by atoms with Crippen LogP contribution in [0, 0.1) is 0 Å². The minimum atomic E-state index is -0.237. The summed E-state index contributed by atoms with van der Waals surface area (Å²) in [6.07, 6.45) is 25.1. The highest BCUT2D eigenvalue weighted by Gasteiger charge is 2.17. The zero-order valence-electron chi connectivity index (χ0n) is 19.1. The molecule has 1 nitrogen and oxygen atoms in total. The first-order chi connectivity index (χ1) is 13.6. The lowest BCUT2D eigenvalue weighted by atomic mass is 9.89. The summed E-state index contributed by atoms with van der Waals surface area (Å²) < 4.78 is 0. The molecule has 0 bridgehead atoms. The summed E-state index contributed by atoms with van der Waals surface area (Å²) in [6, 6.07) is 8.69. The van der Waals surface area contributed by atoms with E-state index in [0.29, 0.717) is 0 Å². The van der Waals surface area contributed by atoms with Crippen LogP contribution >= 0.6 is 0 Å². The molecule has 0 aliphatic heterocycles. The lowest BCUT2D eigenvalue weighted by molar-refractivity contribution is 0.542. The van der Waals surface area contributed by atoms with E-state index in [1.165, 1.54) is 101 Å². The van der Waals surface area contributed by atoms with Gasteiger partial charge in [0.15, 0.2) is 0 Å². The summed E-state index contributed by atoms with van der Waals surface area (Å²) in [5, 5.41) is 0. The highest BCUT2D eigenvalue weighted by Crippen LogP contribution is 2.23. The Balaban J connectivity index is 1.96. The molecule has 1 aromatic rings. The second kappa shape index (κ2) is 15.8. The molecule has 28 heavy (non-hydrogen) atoms. The van der Waals surface area contributed by atoms with E-state index >= 15 is 0 Å². The van der Waals surface area contributed by atoms with Crippen LogP contribution in [-0.4, -0.2) is 0 Å². The molecule has 1 aromatic carbocycles. The predicted molar refractivity (Wildman–Crippen MR) is 127 cm³/mol. The van der Waals surface area contributed by atoms with Crippen LogP contribution in [0.4, 0.5) is 0 Å². The van der Waals surface area contributed by atoms with Crippen molar-refractivity contribution in [2.24, 2.45) is 5.73 Å². The highest BCUT2D eigenvalue weighted by molar-refractivity contribution is 5.32. The maximum Gasteiger partial charge on any atom is 0.0355 e. The summed E-state index contributed by atoms with van der Waals surface area (Å²) in [5.74, 6) is 0. The first-order valence-corrected chi connectivity index (χ1v) is 12.1. The molecule has 0 aliphatic rings. The Labute approximate surface area is 176 Å². The molecule has 0 fully saturated rings. The number of allylic oxidation sites excluding steroid dienone is 2. The molecule has 1 rings (SSSR count). The molecule has 0 spiro atoms. The van der Waals surface area contributed by atoms with Crippen molar-refractivity contribution in [3.05, 3.63) is 47.5 Å². The fourth-order valence-electron chi connectivity index (χ4n) is 3.93. The van der Waals surface area contributed by atoms with E-state index in [2.05, 4.69) is 57.2 Å². The lowest BCUT2D eigenvalue weighted by Crippen LogP contribution is -2.30. The van der Waals surface area contributed by atoms with Gasteiger partial charge in [0, 0.05) is 5.54 Å². The van der Waals surface area contributed by atoms with Crippen LogP contribution in [0.3, 0.4) is 0 Å². The molecule has 0 aliphatic carbocycles. The number of unbranched alkanes of at least 4 members (excludes halogenated alkanes) is 12. The Bertz CT molecular complexity index is 509. The molecule has 0 unspecified atom stereocenters. The minimum absolute atomic E-state index is 0.237. The average Bonchev–Trinajstić information content (AvgIpc) is 2.67. The third-order valence-electron chi connectivity index (χ3n) is 5.67. The summed E-state index contributed by atoms with van der Waals surface area (Å²) >= 11 is 0. The van der Waals surface area contributed by atoms with Gasteiger partial charge < -0.3 is 5.73 Å². The second-order valence-corrected chi connectivity index (χ2v) is 9.07. The van der Waals surface area contributed by atoms with Crippen LogP contribution in [-0.2, 0) is 12.0 Å². The summed E-state index contributed by atoms with van der Waals surface area (Å²) in [7, 11) is 0. The number of hydrogen-bond acceptors (Lipinski definition) is 1. The van der Waals surface area contributed by atoms with Crippen LogP contribution < -0.4 is 5.73 Å². The van der Waals surface area contributed by atoms with Gasteiger partial charge in [-0.25, -0.2) is 0 Å². The van der Waals surface area contributed by atoms with E-state index in [9.17, 15) is 0 Å². The van der Waals surface area contributed by atoms with Crippen molar-refractivity contribution in [1.82, 2.24) is 0 Å². The van der Waals surface area contributed by atoms with Gasteiger partial charge in [-0.15, -0.1) is 0 Å². The topological polar surface area (TPSA) is 26.0 Å². The maximum atomic E-state index is 6.31. The normalized spacial score (nSPS) is 12.1. The Kier molecular flexibility index (Phi) is 14.1. The zero-order chi connectivity index (χ0) is 20.5. The van der Waals surface area contributed by atoms with Crippen LogP contribution in [0.2, 0.25) is 0 Å². The van der Waals surface area contributed by atoms with E-state index in [-0.39, 0.29) is 5.54 Å². The molecule has 0 saturated carbocycles. The van der Waals surface area contributed by atoms with Gasteiger partial charge in [-0.1, -0.05) is 101 Å². The predicted octanol–water partition coefficient (Wildman–Crippen LogP) is 8.46. The van der Waals surface area contributed by atoms with Crippen molar-refractivity contribution >= 4 is 0 Å². The summed E-state index contributed by atoms with van der Waals surface area (Å²) in [4.78, 5) is 0. The van der Waals surface area contributed by atoms with Crippen LogP contribution in [0.5, 0.6) is 0 Å². The molecule has 0 heterocycles. The highest BCUT2D eigenvalue weighted by atomic mass is 14.7. The number of rotatable bonds is 17. The first-order valence-electron chi connectivity index (χ1n) is 12.1. The van der Waals surface area contributed by atoms with Crippen LogP contribution in [0.25, 0.3) is 0 Å². The van der Waals surface area contributed by atoms with Gasteiger partial charge in [0.25, 0.3) is 0 Å². The van der Waals surface area contributed by atoms with Gasteiger partial charge in [-0.3, -0.25) is 0 Å². The van der Waals surface area contributed by atoms with Crippen molar-refractivity contribution in [3.63, 3.8) is 0 Å². The van der Waals surface area contributed by atoms with Crippen molar-refractivity contribution in [1.29, 1.82) is 0 Å². The summed E-state index contributed by atoms with van der Waals surface area (Å²) in [6.45, 7) is 6.49. The van der Waals surface area contributed by atoms with Gasteiger partial charge in [0.05, 0.1) is 0 Å². The Morgan fingerprint density at radius 3 is 1.79 bits per heavy atom. The molecule has 0 saturated heterocycles. The van der Waals surface area contributed by atoms with Crippen LogP contribution in [0.15, 0.2) is 36.4 Å². The van der Waals surface area contributed by atoms with Gasteiger partial charge in [-0.05, 0) is 63.5 Å². The molecular weight excluding hydrogens is 338 g/mol. The first kappa shape index (κ1) is 25.0. The zero-order valence-corrected chi connectivity index (χ0v) is 19.1. The summed E-state index contributed by atoms with van der Waals surface area (Å²) in [5.41, 5.74) is 8.82. The molecule has 1 heteroatoms. The third-order valence-corrected chi connectivity index (χ3v) is 5.67. The van der Waals surface area contributed by atoms with Gasteiger partial charge in [0.2, 0.25) is 0 Å². The Hall–Kier alpha value is -1.08. The largest absolute Gasteiger partial charge is 0.322 e. The van der Waals surface area contributed by atoms with Crippen molar-refractivity contribution < 1.29 is 0 Å².